The minimum absolute atomic E-state index is 0.0734. The van der Waals surface area contributed by atoms with E-state index in [9.17, 15) is 13.2 Å². The van der Waals surface area contributed by atoms with Gasteiger partial charge in [0, 0.05) is 29.4 Å². The number of halogens is 3. The summed E-state index contributed by atoms with van der Waals surface area (Å²) in [5.41, 5.74) is 1.56. The molecule has 0 aliphatic rings. The normalized spacial score (nSPS) is 12.5. The number of alkyl halides is 3. The summed E-state index contributed by atoms with van der Waals surface area (Å²) in [6.07, 6.45) is -3.09. The van der Waals surface area contributed by atoms with E-state index < -0.39 is 11.9 Å². The fraction of sp³-hybridized carbons (Fsp3) is 0.438. The van der Waals surface area contributed by atoms with Crippen LogP contribution >= 0.6 is 0 Å². The molecule has 2 rings (SSSR count). The largest absolute Gasteiger partial charge is 0.433 e. The molecule has 0 aliphatic carbocycles. The number of rotatable bonds is 2. The molecule has 3 nitrogen and oxygen atoms in total. The van der Waals surface area contributed by atoms with E-state index in [4.69, 9.17) is 0 Å². The van der Waals surface area contributed by atoms with E-state index in [1.54, 1.807) is 0 Å². The van der Waals surface area contributed by atoms with Gasteiger partial charge in [0.2, 0.25) is 0 Å². The van der Waals surface area contributed by atoms with Crippen LogP contribution in [-0.4, -0.2) is 15.0 Å². The Morgan fingerprint density at radius 2 is 1.64 bits per heavy atom. The van der Waals surface area contributed by atoms with Crippen LogP contribution in [0, 0.1) is 6.92 Å². The van der Waals surface area contributed by atoms with Crippen molar-refractivity contribution in [3.8, 4) is 0 Å². The Kier molecular flexibility index (Phi) is 4.22. The Hall–Kier alpha value is -1.98. The van der Waals surface area contributed by atoms with Gasteiger partial charge in [-0.2, -0.15) is 13.2 Å². The molecule has 0 bridgehead atoms. The number of pyridine rings is 1. The van der Waals surface area contributed by atoms with Gasteiger partial charge in [-0.25, -0.2) is 9.97 Å². The molecule has 0 spiro atoms. The van der Waals surface area contributed by atoms with Crippen LogP contribution in [0.25, 0.3) is 0 Å². The predicted molar refractivity (Wildman–Crippen MR) is 77.5 cm³/mol. The first kappa shape index (κ1) is 16.4. The van der Waals surface area contributed by atoms with Crippen molar-refractivity contribution in [2.24, 2.45) is 0 Å². The van der Waals surface area contributed by atoms with Crippen LogP contribution in [-0.2, 0) is 18.0 Å². The van der Waals surface area contributed by atoms with Gasteiger partial charge in [-0.1, -0.05) is 26.8 Å². The van der Waals surface area contributed by atoms with Gasteiger partial charge in [0.05, 0.1) is 0 Å². The lowest BCUT2D eigenvalue weighted by atomic mass is 9.91. The zero-order chi connectivity index (χ0) is 16.5. The molecule has 0 N–H and O–H groups in total. The van der Waals surface area contributed by atoms with Crippen LogP contribution in [0.1, 0.15) is 49.2 Å². The van der Waals surface area contributed by atoms with E-state index in [0.29, 0.717) is 0 Å². The molecule has 0 fully saturated rings. The molecule has 0 amide bonds. The zero-order valence-electron chi connectivity index (χ0n) is 13.0. The number of hydrogen-bond acceptors (Lipinski definition) is 3. The fourth-order valence-corrected chi connectivity index (χ4v) is 2.01. The average Bonchev–Trinajstić information content (AvgIpc) is 2.39. The summed E-state index contributed by atoms with van der Waals surface area (Å²) in [5.74, 6) is 0.142. The number of nitrogens with zero attached hydrogens (tertiary/aromatic N) is 3. The van der Waals surface area contributed by atoms with Gasteiger partial charge in [-0.3, -0.25) is 4.98 Å². The van der Waals surface area contributed by atoms with Crippen molar-refractivity contribution >= 4 is 0 Å². The van der Waals surface area contributed by atoms with Crippen molar-refractivity contribution in [1.82, 2.24) is 15.0 Å². The topological polar surface area (TPSA) is 38.7 Å². The lowest BCUT2D eigenvalue weighted by molar-refractivity contribution is -0.141. The molecule has 0 saturated carbocycles. The second-order valence-electron chi connectivity index (χ2n) is 6.22. The highest BCUT2D eigenvalue weighted by atomic mass is 19.4. The lowest BCUT2D eigenvalue weighted by Gasteiger charge is -2.19. The summed E-state index contributed by atoms with van der Waals surface area (Å²) >= 11 is 0. The van der Waals surface area contributed by atoms with Gasteiger partial charge in [-0.05, 0) is 24.6 Å². The smallest absolute Gasteiger partial charge is 0.257 e. The van der Waals surface area contributed by atoms with E-state index >= 15 is 0 Å². The first-order valence-corrected chi connectivity index (χ1v) is 6.93. The number of hydrogen-bond donors (Lipinski definition) is 0. The van der Waals surface area contributed by atoms with Crippen LogP contribution < -0.4 is 0 Å². The Labute approximate surface area is 127 Å². The summed E-state index contributed by atoms with van der Waals surface area (Å²) in [5, 5.41) is 0. The van der Waals surface area contributed by atoms with Crippen molar-refractivity contribution in [3.05, 3.63) is 52.9 Å². The Morgan fingerprint density at radius 3 is 2.18 bits per heavy atom. The van der Waals surface area contributed by atoms with Crippen LogP contribution in [0.2, 0.25) is 0 Å². The highest BCUT2D eigenvalue weighted by Gasteiger charge is 2.32. The van der Waals surface area contributed by atoms with E-state index in [0.717, 1.165) is 29.2 Å². The Balaban J connectivity index is 2.28. The zero-order valence-corrected chi connectivity index (χ0v) is 13.0. The van der Waals surface area contributed by atoms with Crippen LogP contribution in [0.3, 0.4) is 0 Å². The predicted octanol–water partition coefficient (Wildman–Crippen LogP) is 4.09. The molecule has 0 unspecified atom stereocenters. The third-order valence-corrected chi connectivity index (χ3v) is 3.31. The molecule has 0 saturated heterocycles. The van der Waals surface area contributed by atoms with Gasteiger partial charge in [0.1, 0.15) is 11.5 Å². The quantitative estimate of drug-likeness (QED) is 0.839. The molecular formula is C16H18F3N3. The van der Waals surface area contributed by atoms with E-state index in [1.807, 2.05) is 19.1 Å². The van der Waals surface area contributed by atoms with Gasteiger partial charge in [0.15, 0.2) is 0 Å². The molecule has 22 heavy (non-hydrogen) atoms. The molecular weight excluding hydrogens is 291 g/mol. The average molecular weight is 309 g/mol. The minimum atomic E-state index is -4.46. The van der Waals surface area contributed by atoms with Crippen molar-refractivity contribution in [3.63, 3.8) is 0 Å². The van der Waals surface area contributed by atoms with Crippen molar-refractivity contribution in [2.45, 2.75) is 45.7 Å². The minimum Gasteiger partial charge on any atom is -0.257 e. The van der Waals surface area contributed by atoms with Crippen LogP contribution in [0.4, 0.5) is 13.2 Å². The van der Waals surface area contributed by atoms with Crippen molar-refractivity contribution < 1.29 is 13.2 Å². The Bertz CT molecular complexity index is 673. The monoisotopic (exact) mass is 309 g/mol. The fourth-order valence-electron chi connectivity index (χ4n) is 2.01. The standard InChI is InChI=1S/C16H18F3N3/c1-10-11(5-6-12(21-10)15(2,3)4)9-14-20-8-7-13(22-14)16(17,18)19/h5-8H,9H2,1-4H3. The summed E-state index contributed by atoms with van der Waals surface area (Å²) in [6.45, 7) is 8.03. The van der Waals surface area contributed by atoms with Crippen molar-refractivity contribution in [2.75, 3.05) is 0 Å². The summed E-state index contributed by atoms with van der Waals surface area (Å²) in [6, 6.07) is 4.65. The van der Waals surface area contributed by atoms with Gasteiger partial charge in [0.25, 0.3) is 0 Å². The lowest BCUT2D eigenvalue weighted by Crippen LogP contribution is -2.15. The van der Waals surface area contributed by atoms with E-state index in [2.05, 4.69) is 35.7 Å². The van der Waals surface area contributed by atoms with E-state index in [1.165, 1.54) is 0 Å². The molecule has 0 atom stereocenters. The first-order chi connectivity index (χ1) is 10.1. The second kappa shape index (κ2) is 5.66. The molecule has 0 aliphatic heterocycles. The molecule has 2 aromatic rings. The summed E-state index contributed by atoms with van der Waals surface area (Å²) in [4.78, 5) is 12.0. The first-order valence-electron chi connectivity index (χ1n) is 6.93. The highest BCUT2D eigenvalue weighted by molar-refractivity contribution is 5.28. The van der Waals surface area contributed by atoms with Gasteiger partial charge < -0.3 is 0 Å². The van der Waals surface area contributed by atoms with Crippen LogP contribution in [0.15, 0.2) is 24.4 Å². The van der Waals surface area contributed by atoms with Gasteiger partial charge >= 0.3 is 6.18 Å². The Morgan fingerprint density at radius 1 is 0.955 bits per heavy atom. The number of aromatic nitrogens is 3. The van der Waals surface area contributed by atoms with Crippen LogP contribution in [0.5, 0.6) is 0 Å². The third-order valence-electron chi connectivity index (χ3n) is 3.31. The molecule has 2 heterocycles. The summed E-state index contributed by atoms with van der Waals surface area (Å²) in [7, 11) is 0. The maximum Gasteiger partial charge on any atom is 0.433 e. The maximum absolute atomic E-state index is 12.7. The number of aryl methyl sites for hydroxylation is 1. The third kappa shape index (κ3) is 3.81. The maximum atomic E-state index is 12.7. The highest BCUT2D eigenvalue weighted by Crippen LogP contribution is 2.27. The molecule has 118 valence electrons. The molecule has 0 aromatic carbocycles. The molecule has 2 aromatic heterocycles. The SMILES string of the molecule is Cc1nc(C(C)(C)C)ccc1Cc1nccc(C(F)(F)F)n1. The van der Waals surface area contributed by atoms with E-state index in [-0.39, 0.29) is 17.7 Å². The summed E-state index contributed by atoms with van der Waals surface area (Å²) < 4.78 is 38.0. The molecule has 0 radical (unpaired) electrons. The second-order valence-corrected chi connectivity index (χ2v) is 6.22. The molecule has 6 heteroatoms. The van der Waals surface area contributed by atoms with Crippen molar-refractivity contribution in [1.29, 1.82) is 0 Å². The van der Waals surface area contributed by atoms with Gasteiger partial charge in [-0.15, -0.1) is 0 Å².